The summed E-state index contributed by atoms with van der Waals surface area (Å²) in [5.41, 5.74) is 0. The maximum absolute atomic E-state index is 5.08. The van der Waals surface area contributed by atoms with Crippen molar-refractivity contribution in [3.8, 4) is 0 Å². The van der Waals surface area contributed by atoms with E-state index in [4.69, 9.17) is 4.74 Å². The number of ether oxygens (including phenoxy) is 1. The minimum Gasteiger partial charge on any atom is -1.00 e. The number of allylic oxidation sites excluding steroid dienone is 1. The van der Waals surface area contributed by atoms with Gasteiger partial charge in [-0.2, -0.15) is 0 Å². The van der Waals surface area contributed by atoms with Crippen molar-refractivity contribution in [2.45, 2.75) is 26.7 Å². The first-order valence-corrected chi connectivity index (χ1v) is 4.92. The van der Waals surface area contributed by atoms with Gasteiger partial charge in [0.2, 0.25) is 0 Å². The molecular formula is C11H26FNO. The Hall–Kier alpha value is -0.410. The summed E-state index contributed by atoms with van der Waals surface area (Å²) in [6.07, 6.45) is 4.31. The molecule has 14 heavy (non-hydrogen) atoms. The van der Waals surface area contributed by atoms with Gasteiger partial charge in [-0.05, 0) is 13.3 Å². The van der Waals surface area contributed by atoms with Crippen LogP contribution in [-0.2, 0) is 4.74 Å². The third-order valence-corrected chi connectivity index (χ3v) is 1.60. The summed E-state index contributed by atoms with van der Waals surface area (Å²) in [7, 11) is 6.14. The van der Waals surface area contributed by atoms with Crippen LogP contribution in [0, 0.1) is 0 Å². The van der Waals surface area contributed by atoms with Crippen molar-refractivity contribution in [1.82, 2.24) is 0 Å². The zero-order valence-electron chi connectivity index (χ0n) is 10.3. The Morgan fingerprint density at radius 3 is 2.07 bits per heavy atom. The van der Waals surface area contributed by atoms with Gasteiger partial charge in [0.25, 0.3) is 0 Å². The van der Waals surface area contributed by atoms with E-state index >= 15 is 0 Å². The Labute approximate surface area is 88.5 Å². The fraction of sp³-hybridized carbons (Fsp3) is 0.818. The molecule has 0 fully saturated rings. The maximum atomic E-state index is 5.08. The molecule has 0 heterocycles. The van der Waals surface area contributed by atoms with E-state index in [0.717, 1.165) is 11.2 Å². The largest absolute Gasteiger partial charge is 1.00 e. The molecule has 0 radical (unpaired) electrons. The van der Waals surface area contributed by atoms with E-state index in [2.05, 4.69) is 27.6 Å². The number of hydrogen-bond acceptors (Lipinski definition) is 1. The third kappa shape index (κ3) is 17.6. The SMILES string of the molecule is C=CC.CCCC[N+](C)(C)COC.[F-]. The molecule has 0 saturated heterocycles. The molecule has 2 nitrogen and oxygen atoms in total. The molecule has 0 unspecified atom stereocenters. The number of methoxy groups -OCH3 is 1. The monoisotopic (exact) mass is 207 g/mol. The lowest BCUT2D eigenvalue weighted by Crippen LogP contribution is -3.00. The predicted octanol–water partition coefficient (Wildman–Crippen LogP) is -0.337. The minimum atomic E-state index is 0. The highest BCUT2D eigenvalue weighted by atomic mass is 19.0. The summed E-state index contributed by atoms with van der Waals surface area (Å²) in [5.74, 6) is 0. The molecule has 0 aromatic rings. The lowest BCUT2D eigenvalue weighted by molar-refractivity contribution is -0.909. The van der Waals surface area contributed by atoms with Crippen molar-refractivity contribution in [2.75, 3.05) is 34.5 Å². The van der Waals surface area contributed by atoms with Gasteiger partial charge in [0, 0.05) is 7.11 Å². The van der Waals surface area contributed by atoms with Gasteiger partial charge in [0.15, 0.2) is 6.73 Å². The molecule has 0 aromatic heterocycles. The van der Waals surface area contributed by atoms with E-state index in [1.54, 1.807) is 13.2 Å². The van der Waals surface area contributed by atoms with Crippen molar-refractivity contribution in [1.29, 1.82) is 0 Å². The van der Waals surface area contributed by atoms with Crippen LogP contribution in [-0.4, -0.2) is 39.0 Å². The summed E-state index contributed by atoms with van der Waals surface area (Å²) < 4.78 is 6.05. The molecule has 0 amide bonds. The van der Waals surface area contributed by atoms with Gasteiger partial charge in [0.1, 0.15) is 0 Å². The van der Waals surface area contributed by atoms with E-state index in [0.29, 0.717) is 0 Å². The summed E-state index contributed by atoms with van der Waals surface area (Å²) in [4.78, 5) is 0. The van der Waals surface area contributed by atoms with Crippen LogP contribution in [0.15, 0.2) is 12.7 Å². The van der Waals surface area contributed by atoms with Crippen LogP contribution < -0.4 is 4.70 Å². The first-order chi connectivity index (χ1) is 6.04. The zero-order chi connectivity index (χ0) is 10.7. The Kier molecular flexibility index (Phi) is 17.3. The molecule has 0 aromatic carbocycles. The first-order valence-electron chi connectivity index (χ1n) is 4.92. The number of quaternary nitrogens is 1. The van der Waals surface area contributed by atoms with Crippen LogP contribution in [0.2, 0.25) is 0 Å². The lowest BCUT2D eigenvalue weighted by atomic mass is 10.3. The van der Waals surface area contributed by atoms with Gasteiger partial charge in [-0.3, -0.25) is 0 Å². The topological polar surface area (TPSA) is 9.23 Å². The lowest BCUT2D eigenvalue weighted by Gasteiger charge is -2.28. The summed E-state index contributed by atoms with van der Waals surface area (Å²) in [5, 5.41) is 0. The second-order valence-corrected chi connectivity index (χ2v) is 3.84. The molecular weight excluding hydrogens is 181 g/mol. The zero-order valence-corrected chi connectivity index (χ0v) is 10.3. The molecule has 0 saturated carbocycles. The molecule has 0 N–H and O–H groups in total. The number of hydrogen-bond donors (Lipinski definition) is 0. The highest BCUT2D eigenvalue weighted by Gasteiger charge is 2.11. The molecule has 0 spiro atoms. The van der Waals surface area contributed by atoms with Crippen LogP contribution >= 0.6 is 0 Å². The van der Waals surface area contributed by atoms with E-state index < -0.39 is 0 Å². The van der Waals surface area contributed by atoms with E-state index in [9.17, 15) is 0 Å². The van der Waals surface area contributed by atoms with E-state index in [-0.39, 0.29) is 4.70 Å². The third-order valence-electron chi connectivity index (χ3n) is 1.60. The minimum absolute atomic E-state index is 0. The van der Waals surface area contributed by atoms with Gasteiger partial charge in [-0.1, -0.05) is 19.4 Å². The fourth-order valence-corrected chi connectivity index (χ4v) is 1.00. The van der Waals surface area contributed by atoms with Crippen molar-refractivity contribution >= 4 is 0 Å². The molecule has 0 rings (SSSR count). The van der Waals surface area contributed by atoms with Gasteiger partial charge >= 0.3 is 0 Å². The van der Waals surface area contributed by atoms with Crippen molar-refractivity contribution < 1.29 is 13.9 Å². The quantitative estimate of drug-likeness (QED) is 0.341. The summed E-state index contributed by atoms with van der Waals surface area (Å²) >= 11 is 0. The number of halogens is 1. The van der Waals surface area contributed by atoms with Crippen molar-refractivity contribution in [3.05, 3.63) is 12.7 Å². The highest BCUT2D eigenvalue weighted by molar-refractivity contribution is 4.51. The standard InChI is InChI=1S/C8H20NO.C3H6.FH/c1-5-6-7-9(2,3)8-10-4;1-3-2;/h5-8H2,1-4H3;3H,1H2,2H3;1H/q+1;;/p-1. The van der Waals surface area contributed by atoms with Crippen LogP contribution in [0.1, 0.15) is 26.7 Å². The highest BCUT2D eigenvalue weighted by Crippen LogP contribution is 2.00. The normalized spacial score (nSPS) is 9.50. The van der Waals surface area contributed by atoms with Crippen LogP contribution in [0.3, 0.4) is 0 Å². The van der Waals surface area contributed by atoms with Gasteiger partial charge in [-0.25, -0.2) is 0 Å². The smallest absolute Gasteiger partial charge is 0.182 e. The predicted molar refractivity (Wildman–Crippen MR) is 59.6 cm³/mol. The fourth-order valence-electron chi connectivity index (χ4n) is 1.00. The molecule has 0 aliphatic rings. The number of rotatable bonds is 5. The van der Waals surface area contributed by atoms with Crippen LogP contribution in [0.4, 0.5) is 0 Å². The molecule has 3 heteroatoms. The van der Waals surface area contributed by atoms with Crippen LogP contribution in [0.25, 0.3) is 0 Å². The van der Waals surface area contributed by atoms with Crippen molar-refractivity contribution in [2.24, 2.45) is 0 Å². The van der Waals surface area contributed by atoms with E-state index in [1.165, 1.54) is 19.4 Å². The number of unbranched alkanes of at least 4 members (excludes halogenated alkanes) is 1. The van der Waals surface area contributed by atoms with Crippen LogP contribution in [0.5, 0.6) is 0 Å². The Morgan fingerprint density at radius 2 is 1.79 bits per heavy atom. The van der Waals surface area contributed by atoms with E-state index in [1.807, 2.05) is 6.92 Å². The van der Waals surface area contributed by atoms with Crippen molar-refractivity contribution in [3.63, 3.8) is 0 Å². The first kappa shape index (κ1) is 19.2. The second kappa shape index (κ2) is 12.6. The average Bonchev–Trinajstić information content (AvgIpc) is 2.02. The molecule has 88 valence electrons. The molecule has 0 aliphatic heterocycles. The number of nitrogens with zero attached hydrogens (tertiary/aromatic N) is 1. The van der Waals surface area contributed by atoms with Gasteiger partial charge in [-0.15, -0.1) is 6.58 Å². The summed E-state index contributed by atoms with van der Waals surface area (Å²) in [6.45, 7) is 9.50. The van der Waals surface area contributed by atoms with Gasteiger partial charge < -0.3 is 13.9 Å². The Bertz CT molecular complexity index is 116. The second-order valence-electron chi connectivity index (χ2n) is 3.84. The van der Waals surface area contributed by atoms with Gasteiger partial charge in [0.05, 0.1) is 20.6 Å². The molecule has 0 atom stereocenters. The Morgan fingerprint density at radius 1 is 1.36 bits per heavy atom. The Balaban J connectivity index is -0.000000267. The molecule has 0 bridgehead atoms. The maximum Gasteiger partial charge on any atom is 0.182 e. The molecule has 0 aliphatic carbocycles. The summed E-state index contributed by atoms with van der Waals surface area (Å²) in [6, 6.07) is 0. The average molecular weight is 207 g/mol.